The van der Waals surface area contributed by atoms with E-state index in [-0.39, 0.29) is 12.2 Å². The van der Waals surface area contributed by atoms with Crippen LogP contribution in [-0.4, -0.2) is 55.4 Å². The number of benzene rings is 1. The Morgan fingerprint density at radius 3 is 2.71 bits per heavy atom. The number of carbonyl (C=O) groups excluding carboxylic acids is 1. The number of urea groups is 1. The Bertz CT molecular complexity index is 830. The predicted molar refractivity (Wildman–Crippen MR) is 102 cm³/mol. The molecule has 2 aromatic rings. The summed E-state index contributed by atoms with van der Waals surface area (Å²) in [6.45, 7) is 5.40. The van der Waals surface area contributed by atoms with Crippen molar-refractivity contribution in [3.63, 3.8) is 0 Å². The summed E-state index contributed by atoms with van der Waals surface area (Å²) in [5, 5.41) is 8.05. The van der Waals surface area contributed by atoms with Crippen LogP contribution < -0.4 is 20.9 Å². The van der Waals surface area contributed by atoms with Crippen LogP contribution in [0, 0.1) is 18.6 Å². The molecule has 150 valence electrons. The molecule has 28 heavy (non-hydrogen) atoms. The molecule has 2 amide bonds. The maximum absolute atomic E-state index is 13.5. The van der Waals surface area contributed by atoms with Crippen molar-refractivity contribution in [2.45, 2.75) is 6.92 Å². The van der Waals surface area contributed by atoms with Gasteiger partial charge in [-0.25, -0.2) is 23.5 Å². The molecule has 3 N–H and O–H groups in total. The quantitative estimate of drug-likeness (QED) is 0.653. The van der Waals surface area contributed by atoms with Crippen molar-refractivity contribution < 1.29 is 18.3 Å². The molecule has 10 heteroatoms. The molecule has 1 aliphatic rings. The number of rotatable bonds is 6. The molecule has 0 atom stereocenters. The van der Waals surface area contributed by atoms with Gasteiger partial charge in [0, 0.05) is 38.3 Å². The van der Waals surface area contributed by atoms with E-state index in [2.05, 4.69) is 30.8 Å². The standard InChI is InChI=1S/C18H22F2N6O2/c1-12-23-16(11-17(24-12)26-6-8-28-9-7-26)21-4-5-22-18(27)25-15-3-2-13(19)10-14(15)20/h2-3,10-11H,4-9H2,1H3,(H,21,23,24)(H2,22,25,27). The van der Waals surface area contributed by atoms with Gasteiger partial charge in [-0.1, -0.05) is 0 Å². The highest BCUT2D eigenvalue weighted by Crippen LogP contribution is 2.17. The number of halogens is 2. The SMILES string of the molecule is Cc1nc(NCCNC(=O)Nc2ccc(F)cc2F)cc(N2CCOCC2)n1. The van der Waals surface area contributed by atoms with E-state index in [9.17, 15) is 13.6 Å². The topological polar surface area (TPSA) is 91.4 Å². The number of morpholine rings is 1. The maximum Gasteiger partial charge on any atom is 0.319 e. The summed E-state index contributed by atoms with van der Waals surface area (Å²) in [5.74, 6) is 0.588. The number of aryl methyl sites for hydroxylation is 1. The van der Waals surface area contributed by atoms with E-state index < -0.39 is 17.7 Å². The third-order valence-electron chi connectivity index (χ3n) is 4.06. The molecule has 8 nitrogen and oxygen atoms in total. The van der Waals surface area contributed by atoms with Crippen LogP contribution in [-0.2, 0) is 4.74 Å². The molecular weight excluding hydrogens is 370 g/mol. The van der Waals surface area contributed by atoms with Gasteiger partial charge in [-0.2, -0.15) is 0 Å². The van der Waals surface area contributed by atoms with E-state index >= 15 is 0 Å². The van der Waals surface area contributed by atoms with Gasteiger partial charge in [-0.3, -0.25) is 0 Å². The van der Waals surface area contributed by atoms with Gasteiger partial charge in [0.25, 0.3) is 0 Å². The van der Waals surface area contributed by atoms with E-state index in [4.69, 9.17) is 4.74 Å². The second kappa shape index (κ2) is 9.27. The average Bonchev–Trinajstić information content (AvgIpc) is 2.68. The lowest BCUT2D eigenvalue weighted by Crippen LogP contribution is -2.37. The number of carbonyl (C=O) groups is 1. The van der Waals surface area contributed by atoms with Gasteiger partial charge in [0.15, 0.2) is 0 Å². The lowest BCUT2D eigenvalue weighted by Gasteiger charge is -2.28. The minimum atomic E-state index is -0.833. The number of hydrogen-bond acceptors (Lipinski definition) is 6. The van der Waals surface area contributed by atoms with Crippen LogP contribution in [0.5, 0.6) is 0 Å². The minimum Gasteiger partial charge on any atom is -0.378 e. The second-order valence-electron chi connectivity index (χ2n) is 6.19. The lowest BCUT2D eigenvalue weighted by atomic mass is 10.3. The second-order valence-corrected chi connectivity index (χ2v) is 6.19. The molecule has 3 rings (SSSR count). The Balaban J connectivity index is 1.47. The molecule has 0 unspecified atom stereocenters. The van der Waals surface area contributed by atoms with E-state index in [0.717, 1.165) is 25.0 Å². The third kappa shape index (κ3) is 5.49. The minimum absolute atomic E-state index is 0.0894. The Kier molecular flexibility index (Phi) is 6.53. The van der Waals surface area contributed by atoms with Crippen molar-refractivity contribution in [3.8, 4) is 0 Å². The average molecular weight is 392 g/mol. The first-order chi connectivity index (χ1) is 13.5. The van der Waals surface area contributed by atoms with Gasteiger partial charge < -0.3 is 25.6 Å². The van der Waals surface area contributed by atoms with Crippen LogP contribution in [0.1, 0.15) is 5.82 Å². The number of hydrogen-bond donors (Lipinski definition) is 3. The van der Waals surface area contributed by atoms with Gasteiger partial charge in [0.1, 0.15) is 29.1 Å². The van der Waals surface area contributed by atoms with Crippen LogP contribution >= 0.6 is 0 Å². The van der Waals surface area contributed by atoms with Gasteiger partial charge in [-0.15, -0.1) is 0 Å². The third-order valence-corrected chi connectivity index (χ3v) is 4.06. The summed E-state index contributed by atoms with van der Waals surface area (Å²) in [5.41, 5.74) is -0.0894. The van der Waals surface area contributed by atoms with Gasteiger partial charge in [-0.05, 0) is 19.1 Å². The smallest absolute Gasteiger partial charge is 0.319 e. The van der Waals surface area contributed by atoms with E-state index in [1.165, 1.54) is 6.07 Å². The summed E-state index contributed by atoms with van der Waals surface area (Å²) in [4.78, 5) is 22.7. The largest absolute Gasteiger partial charge is 0.378 e. The fraction of sp³-hybridized carbons (Fsp3) is 0.389. The van der Waals surface area contributed by atoms with Crippen LogP contribution in [0.4, 0.5) is 30.9 Å². The van der Waals surface area contributed by atoms with Crippen LogP contribution in [0.3, 0.4) is 0 Å². The Morgan fingerprint density at radius 1 is 1.18 bits per heavy atom. The van der Waals surface area contributed by atoms with Crippen molar-refractivity contribution in [1.82, 2.24) is 15.3 Å². The molecule has 0 spiro atoms. The zero-order valence-electron chi connectivity index (χ0n) is 15.5. The molecule has 1 fully saturated rings. The van der Waals surface area contributed by atoms with Crippen LogP contribution in [0.2, 0.25) is 0 Å². The van der Waals surface area contributed by atoms with Crippen molar-refractivity contribution in [3.05, 3.63) is 41.7 Å². The molecule has 0 radical (unpaired) electrons. The monoisotopic (exact) mass is 392 g/mol. The predicted octanol–water partition coefficient (Wildman–Crippen LogP) is 2.13. The highest BCUT2D eigenvalue weighted by molar-refractivity contribution is 5.89. The van der Waals surface area contributed by atoms with Crippen molar-refractivity contribution in [2.24, 2.45) is 0 Å². The summed E-state index contributed by atoms with van der Waals surface area (Å²) in [7, 11) is 0. The van der Waals surface area contributed by atoms with E-state index in [0.29, 0.717) is 37.5 Å². The zero-order chi connectivity index (χ0) is 19.9. The van der Waals surface area contributed by atoms with Gasteiger partial charge >= 0.3 is 6.03 Å². The molecule has 1 aromatic heterocycles. The molecule has 1 aliphatic heterocycles. The summed E-state index contributed by atoms with van der Waals surface area (Å²) >= 11 is 0. The zero-order valence-corrected chi connectivity index (χ0v) is 15.5. The number of ether oxygens (including phenoxy) is 1. The number of anilines is 3. The van der Waals surface area contributed by atoms with Gasteiger partial charge in [0.2, 0.25) is 0 Å². The number of aromatic nitrogens is 2. The summed E-state index contributed by atoms with van der Waals surface area (Å²) < 4.78 is 31.8. The van der Waals surface area contributed by atoms with Crippen molar-refractivity contribution in [2.75, 3.05) is 54.9 Å². The normalized spacial score (nSPS) is 13.9. The highest BCUT2D eigenvalue weighted by Gasteiger charge is 2.14. The molecule has 0 bridgehead atoms. The Labute approximate surface area is 161 Å². The molecule has 0 aliphatic carbocycles. The first-order valence-electron chi connectivity index (χ1n) is 8.93. The van der Waals surface area contributed by atoms with Crippen molar-refractivity contribution in [1.29, 1.82) is 0 Å². The van der Waals surface area contributed by atoms with Crippen LogP contribution in [0.15, 0.2) is 24.3 Å². The number of nitrogens with zero attached hydrogens (tertiary/aromatic N) is 3. The first kappa shape index (κ1) is 19.7. The number of nitrogens with one attached hydrogen (secondary N) is 3. The van der Waals surface area contributed by atoms with E-state index in [1.807, 2.05) is 13.0 Å². The Hall–Kier alpha value is -3.01. The molecule has 2 heterocycles. The highest BCUT2D eigenvalue weighted by atomic mass is 19.1. The summed E-state index contributed by atoms with van der Waals surface area (Å²) in [6.07, 6.45) is 0. The molecule has 1 aromatic carbocycles. The maximum atomic E-state index is 13.5. The van der Waals surface area contributed by atoms with Crippen molar-refractivity contribution >= 4 is 23.4 Å². The van der Waals surface area contributed by atoms with E-state index in [1.54, 1.807) is 0 Å². The summed E-state index contributed by atoms with van der Waals surface area (Å²) in [6, 6.07) is 4.22. The first-order valence-corrected chi connectivity index (χ1v) is 8.93. The molecular formula is C18H22F2N6O2. The fourth-order valence-electron chi connectivity index (χ4n) is 2.72. The number of amides is 2. The fourth-order valence-corrected chi connectivity index (χ4v) is 2.72. The van der Waals surface area contributed by atoms with Gasteiger partial charge in [0.05, 0.1) is 18.9 Å². The molecule has 0 saturated carbocycles. The lowest BCUT2D eigenvalue weighted by molar-refractivity contribution is 0.122. The molecule has 1 saturated heterocycles. The Morgan fingerprint density at radius 2 is 1.96 bits per heavy atom. The van der Waals surface area contributed by atoms with Crippen LogP contribution in [0.25, 0.3) is 0 Å².